The van der Waals surface area contributed by atoms with Gasteiger partial charge in [0.05, 0.1) is 19.2 Å². The van der Waals surface area contributed by atoms with E-state index >= 15 is 0 Å². The van der Waals surface area contributed by atoms with Crippen molar-refractivity contribution in [2.24, 2.45) is 4.99 Å². The number of ether oxygens (including phenoxy) is 2. The molecule has 0 bridgehead atoms. The van der Waals surface area contributed by atoms with Crippen molar-refractivity contribution < 1.29 is 19.1 Å². The van der Waals surface area contributed by atoms with Gasteiger partial charge >= 0.3 is 12.1 Å². The summed E-state index contributed by atoms with van der Waals surface area (Å²) < 4.78 is 10.1. The lowest BCUT2D eigenvalue weighted by atomic mass is 10.1. The molecule has 1 heterocycles. The Bertz CT molecular complexity index is 657. The number of carbonyl (C=O) groups excluding carboxylic acids is 2. The third-order valence-corrected chi connectivity index (χ3v) is 3.02. The normalized spacial score (nSPS) is 14.7. The average molecular weight is 316 g/mol. The zero-order valence-electron chi connectivity index (χ0n) is 13.7. The Hall–Kier alpha value is -2.63. The second-order valence-corrected chi connectivity index (χ2v) is 6.03. The van der Waals surface area contributed by atoms with E-state index in [1.807, 2.05) is 30.3 Å². The topological polar surface area (TPSA) is 68.2 Å². The van der Waals surface area contributed by atoms with Crippen LogP contribution in [0.2, 0.25) is 0 Å². The lowest BCUT2D eigenvalue weighted by molar-refractivity contribution is -0.136. The minimum Gasteiger partial charge on any atom is -0.466 e. The zero-order chi connectivity index (χ0) is 17.0. The zero-order valence-corrected chi connectivity index (χ0v) is 13.7. The van der Waals surface area contributed by atoms with Crippen molar-refractivity contribution in [1.29, 1.82) is 0 Å². The van der Waals surface area contributed by atoms with Crippen LogP contribution in [0, 0.1) is 0 Å². The summed E-state index contributed by atoms with van der Waals surface area (Å²) in [5.41, 5.74) is 0.405. The Morgan fingerprint density at radius 3 is 2.39 bits per heavy atom. The van der Waals surface area contributed by atoms with Crippen molar-refractivity contribution in [3.05, 3.63) is 47.7 Å². The fourth-order valence-corrected chi connectivity index (χ4v) is 2.03. The molecule has 1 aromatic carbocycles. The minimum absolute atomic E-state index is 0.0509. The van der Waals surface area contributed by atoms with Crippen LogP contribution in [0.1, 0.15) is 26.3 Å². The van der Waals surface area contributed by atoms with E-state index in [1.165, 1.54) is 18.2 Å². The van der Waals surface area contributed by atoms with Crippen molar-refractivity contribution in [1.82, 2.24) is 4.90 Å². The van der Waals surface area contributed by atoms with E-state index < -0.39 is 17.7 Å². The number of carbonyl (C=O) groups is 2. The van der Waals surface area contributed by atoms with E-state index in [9.17, 15) is 9.59 Å². The van der Waals surface area contributed by atoms with Crippen LogP contribution < -0.4 is 0 Å². The summed E-state index contributed by atoms with van der Waals surface area (Å²) >= 11 is 0. The molecular weight excluding hydrogens is 296 g/mol. The van der Waals surface area contributed by atoms with Crippen LogP contribution >= 0.6 is 0 Å². The number of hydrogen-bond acceptors (Lipinski definition) is 5. The van der Waals surface area contributed by atoms with Crippen LogP contribution in [-0.4, -0.2) is 42.1 Å². The van der Waals surface area contributed by atoms with Gasteiger partial charge in [-0.05, 0) is 20.8 Å². The number of rotatable bonds is 2. The molecule has 23 heavy (non-hydrogen) atoms. The second-order valence-electron chi connectivity index (χ2n) is 6.03. The molecule has 122 valence electrons. The maximum Gasteiger partial charge on any atom is 0.416 e. The molecule has 0 aliphatic carbocycles. The first-order chi connectivity index (χ1) is 10.8. The number of nitrogens with zero attached hydrogens (tertiary/aromatic N) is 2. The Labute approximate surface area is 135 Å². The molecule has 1 aliphatic heterocycles. The first-order valence-corrected chi connectivity index (χ1v) is 7.23. The van der Waals surface area contributed by atoms with Gasteiger partial charge in [-0.1, -0.05) is 30.3 Å². The predicted molar refractivity (Wildman–Crippen MR) is 86.0 cm³/mol. The Kier molecular flexibility index (Phi) is 4.83. The number of esters is 1. The van der Waals surface area contributed by atoms with Gasteiger partial charge in [0.2, 0.25) is 0 Å². The fourth-order valence-electron chi connectivity index (χ4n) is 2.03. The molecule has 1 aliphatic rings. The second kappa shape index (κ2) is 6.64. The average Bonchev–Trinajstić information content (AvgIpc) is 2.52. The largest absolute Gasteiger partial charge is 0.466 e. The highest BCUT2D eigenvalue weighted by molar-refractivity contribution is 6.08. The standard InChI is InChI=1S/C17H20N2O4/c1-17(2,3)23-16(21)19-11-13(15(20)22-4)10-18-14(19)12-8-6-5-7-9-12/h5-10H,11H2,1-4H3. The van der Waals surface area contributed by atoms with Gasteiger partial charge in [-0.15, -0.1) is 0 Å². The number of aliphatic imine (C=N–C) groups is 1. The van der Waals surface area contributed by atoms with Crippen molar-refractivity contribution in [2.75, 3.05) is 13.7 Å². The lowest BCUT2D eigenvalue weighted by Gasteiger charge is -2.30. The van der Waals surface area contributed by atoms with Gasteiger partial charge in [0.25, 0.3) is 0 Å². The van der Waals surface area contributed by atoms with E-state index in [1.54, 1.807) is 20.8 Å². The lowest BCUT2D eigenvalue weighted by Crippen LogP contribution is -2.44. The molecule has 0 saturated carbocycles. The SMILES string of the molecule is COC(=O)C1=CN=C(c2ccccc2)N(C(=O)OC(C)(C)C)C1. The van der Waals surface area contributed by atoms with Crippen LogP contribution in [0.5, 0.6) is 0 Å². The van der Waals surface area contributed by atoms with Gasteiger partial charge in [-0.3, -0.25) is 4.90 Å². The molecule has 1 amide bonds. The van der Waals surface area contributed by atoms with Gasteiger partial charge in [0, 0.05) is 11.8 Å². The molecule has 0 saturated heterocycles. The van der Waals surface area contributed by atoms with E-state index in [0.29, 0.717) is 5.84 Å². The molecule has 0 aromatic heterocycles. The number of hydrogen-bond donors (Lipinski definition) is 0. The third kappa shape index (κ3) is 4.18. The van der Waals surface area contributed by atoms with Crippen LogP contribution in [-0.2, 0) is 14.3 Å². The highest BCUT2D eigenvalue weighted by Crippen LogP contribution is 2.19. The molecule has 6 nitrogen and oxygen atoms in total. The van der Waals surface area contributed by atoms with Gasteiger partial charge < -0.3 is 9.47 Å². The summed E-state index contributed by atoms with van der Waals surface area (Å²) in [7, 11) is 1.29. The quantitative estimate of drug-likeness (QED) is 0.787. The van der Waals surface area contributed by atoms with E-state index in [0.717, 1.165) is 5.56 Å². The summed E-state index contributed by atoms with van der Waals surface area (Å²) in [6.07, 6.45) is 0.865. The van der Waals surface area contributed by atoms with Crippen molar-refractivity contribution >= 4 is 17.9 Å². The first-order valence-electron chi connectivity index (χ1n) is 7.23. The third-order valence-electron chi connectivity index (χ3n) is 3.02. The molecule has 1 aromatic rings. The van der Waals surface area contributed by atoms with E-state index in [-0.39, 0.29) is 12.1 Å². The summed E-state index contributed by atoms with van der Waals surface area (Å²) in [5, 5.41) is 0. The Balaban J connectivity index is 2.37. The molecule has 0 spiro atoms. The predicted octanol–water partition coefficient (Wildman–Crippen LogP) is 2.74. The summed E-state index contributed by atoms with van der Waals surface area (Å²) in [5.74, 6) is -0.0816. The molecule has 2 rings (SSSR count). The van der Waals surface area contributed by atoms with Crippen LogP contribution in [0.15, 0.2) is 47.1 Å². The van der Waals surface area contributed by atoms with Crippen LogP contribution in [0.4, 0.5) is 4.79 Å². The Morgan fingerprint density at radius 1 is 1.17 bits per heavy atom. The van der Waals surface area contributed by atoms with E-state index in [4.69, 9.17) is 9.47 Å². The Morgan fingerprint density at radius 2 is 1.83 bits per heavy atom. The van der Waals surface area contributed by atoms with Gasteiger partial charge in [-0.2, -0.15) is 0 Å². The van der Waals surface area contributed by atoms with Crippen LogP contribution in [0.3, 0.4) is 0 Å². The van der Waals surface area contributed by atoms with Crippen LogP contribution in [0.25, 0.3) is 0 Å². The fraction of sp³-hybridized carbons (Fsp3) is 0.353. The molecule has 0 N–H and O–H groups in total. The molecular formula is C17H20N2O4. The molecule has 0 fully saturated rings. The van der Waals surface area contributed by atoms with Crippen molar-refractivity contribution in [3.63, 3.8) is 0 Å². The molecule has 0 radical (unpaired) electrons. The van der Waals surface area contributed by atoms with E-state index in [2.05, 4.69) is 4.99 Å². The molecule has 0 atom stereocenters. The number of amides is 1. The molecule has 6 heteroatoms. The maximum absolute atomic E-state index is 12.5. The van der Waals surface area contributed by atoms with Gasteiger partial charge in [0.15, 0.2) is 0 Å². The highest BCUT2D eigenvalue weighted by atomic mass is 16.6. The number of amidine groups is 1. The van der Waals surface area contributed by atoms with Gasteiger partial charge in [-0.25, -0.2) is 14.6 Å². The maximum atomic E-state index is 12.5. The first kappa shape index (κ1) is 16.7. The van der Waals surface area contributed by atoms with Gasteiger partial charge in [0.1, 0.15) is 11.4 Å². The smallest absolute Gasteiger partial charge is 0.416 e. The summed E-state index contributed by atoms with van der Waals surface area (Å²) in [6, 6.07) is 9.26. The monoisotopic (exact) mass is 316 g/mol. The summed E-state index contributed by atoms with van der Waals surface area (Å²) in [6.45, 7) is 5.40. The number of benzene rings is 1. The van der Waals surface area contributed by atoms with Crippen molar-refractivity contribution in [3.8, 4) is 0 Å². The minimum atomic E-state index is -0.647. The summed E-state index contributed by atoms with van der Waals surface area (Å²) in [4.78, 5) is 29.8. The number of methoxy groups -OCH3 is 1. The van der Waals surface area contributed by atoms with Crippen molar-refractivity contribution in [2.45, 2.75) is 26.4 Å². The highest BCUT2D eigenvalue weighted by Gasteiger charge is 2.31. The molecule has 0 unspecified atom stereocenters.